The molecule has 2 N–H and O–H groups in total. The van der Waals surface area contributed by atoms with Gasteiger partial charge in [-0.2, -0.15) is 0 Å². The van der Waals surface area contributed by atoms with Crippen LogP contribution in [0.3, 0.4) is 0 Å². The molecule has 2 rings (SSSR count). The zero-order chi connectivity index (χ0) is 16.9. The zero-order valence-electron chi connectivity index (χ0n) is 13.1. The molecule has 0 spiro atoms. The fourth-order valence-corrected chi connectivity index (χ4v) is 3.90. The van der Waals surface area contributed by atoms with Crippen molar-refractivity contribution >= 4 is 15.9 Å². The van der Waals surface area contributed by atoms with E-state index in [0.717, 1.165) is 12.5 Å². The molecule has 1 amide bonds. The first-order valence-electron chi connectivity index (χ1n) is 7.62. The Morgan fingerprint density at radius 2 is 2.22 bits per heavy atom. The lowest BCUT2D eigenvalue weighted by molar-refractivity contribution is -0.132. The van der Waals surface area contributed by atoms with Crippen LogP contribution in [0, 0.1) is 5.82 Å². The molecule has 0 bridgehead atoms. The molecule has 6 nitrogen and oxygen atoms in total. The normalized spacial score (nSPS) is 18.9. The molecule has 0 radical (unpaired) electrons. The van der Waals surface area contributed by atoms with Gasteiger partial charge in [-0.05, 0) is 38.1 Å². The summed E-state index contributed by atoms with van der Waals surface area (Å²) in [6, 6.07) is 4.54. The number of nitrogens with one attached hydrogen (secondary N) is 2. The van der Waals surface area contributed by atoms with E-state index < -0.39 is 15.8 Å². The van der Waals surface area contributed by atoms with Crippen molar-refractivity contribution in [2.24, 2.45) is 0 Å². The number of piperidine rings is 1. The lowest BCUT2D eigenvalue weighted by Gasteiger charge is -2.33. The largest absolute Gasteiger partial charge is 0.341 e. The van der Waals surface area contributed by atoms with Gasteiger partial charge < -0.3 is 10.2 Å². The Morgan fingerprint density at radius 3 is 2.91 bits per heavy atom. The molecule has 0 aromatic heterocycles. The van der Waals surface area contributed by atoms with Crippen molar-refractivity contribution in [3.8, 4) is 0 Å². The van der Waals surface area contributed by atoms with Crippen LogP contribution in [0.2, 0.25) is 0 Å². The molecule has 1 aromatic carbocycles. The second kappa shape index (κ2) is 7.85. The van der Waals surface area contributed by atoms with Crippen molar-refractivity contribution in [3.63, 3.8) is 0 Å². The lowest BCUT2D eigenvalue weighted by atomic mass is 10.1. The molecule has 1 saturated heterocycles. The van der Waals surface area contributed by atoms with Crippen LogP contribution >= 0.6 is 0 Å². The van der Waals surface area contributed by atoms with Crippen molar-refractivity contribution in [1.29, 1.82) is 0 Å². The Balaban J connectivity index is 2.00. The van der Waals surface area contributed by atoms with E-state index in [1.807, 2.05) is 0 Å². The molecule has 1 unspecified atom stereocenters. The lowest BCUT2D eigenvalue weighted by Crippen LogP contribution is -2.49. The molecule has 1 atom stereocenters. The maximum atomic E-state index is 13.2. The third-order valence-corrected chi connectivity index (χ3v) is 5.31. The topological polar surface area (TPSA) is 78.5 Å². The number of nitrogens with zero attached hydrogens (tertiary/aromatic N) is 1. The highest BCUT2D eigenvalue weighted by Crippen LogP contribution is 2.16. The molecule has 0 saturated carbocycles. The maximum Gasteiger partial charge on any atom is 0.240 e. The molecule has 1 heterocycles. The summed E-state index contributed by atoms with van der Waals surface area (Å²) < 4.78 is 40.4. The highest BCUT2D eigenvalue weighted by atomic mass is 32.2. The van der Waals surface area contributed by atoms with E-state index in [0.29, 0.717) is 32.5 Å². The monoisotopic (exact) mass is 343 g/mol. The van der Waals surface area contributed by atoms with Gasteiger partial charge in [-0.1, -0.05) is 6.07 Å². The highest BCUT2D eigenvalue weighted by molar-refractivity contribution is 7.89. The Hall–Kier alpha value is -1.51. The SMILES string of the molecule is CNCCC(=O)N1CCCC(NS(=O)(=O)c2cccc(F)c2)C1. The van der Waals surface area contributed by atoms with E-state index in [-0.39, 0.29) is 16.8 Å². The van der Waals surface area contributed by atoms with Crippen LogP contribution in [0.5, 0.6) is 0 Å². The summed E-state index contributed by atoms with van der Waals surface area (Å²) in [7, 11) is -2.01. The predicted octanol–water partition coefficient (Wildman–Crippen LogP) is 0.704. The summed E-state index contributed by atoms with van der Waals surface area (Å²) >= 11 is 0. The predicted molar refractivity (Wildman–Crippen MR) is 84.9 cm³/mol. The summed E-state index contributed by atoms with van der Waals surface area (Å²) in [5.74, 6) is -0.589. The molecule has 8 heteroatoms. The molecular formula is C15H22FN3O3S. The van der Waals surface area contributed by atoms with Crippen molar-refractivity contribution in [2.75, 3.05) is 26.7 Å². The van der Waals surface area contributed by atoms with E-state index in [2.05, 4.69) is 10.0 Å². The van der Waals surface area contributed by atoms with Crippen LogP contribution < -0.4 is 10.0 Å². The summed E-state index contributed by atoms with van der Waals surface area (Å²) in [6.45, 7) is 1.58. The minimum absolute atomic E-state index is 0.00834. The smallest absolute Gasteiger partial charge is 0.240 e. The molecule has 1 fully saturated rings. The Labute approximate surface area is 136 Å². The fraction of sp³-hybridized carbons (Fsp3) is 0.533. The molecular weight excluding hydrogens is 321 g/mol. The Morgan fingerprint density at radius 1 is 1.43 bits per heavy atom. The van der Waals surface area contributed by atoms with Crippen molar-refractivity contribution in [2.45, 2.75) is 30.2 Å². The minimum Gasteiger partial charge on any atom is -0.341 e. The zero-order valence-corrected chi connectivity index (χ0v) is 13.9. The standard InChI is InChI=1S/C15H22FN3O3S/c1-17-8-7-15(20)19-9-3-5-13(11-19)18-23(21,22)14-6-2-4-12(16)10-14/h2,4,6,10,13,17-18H,3,5,7-9,11H2,1H3. The number of carbonyl (C=O) groups is 1. The van der Waals surface area contributed by atoms with E-state index in [9.17, 15) is 17.6 Å². The molecule has 1 aliphatic heterocycles. The number of benzene rings is 1. The molecule has 1 aliphatic rings. The van der Waals surface area contributed by atoms with E-state index in [1.54, 1.807) is 11.9 Å². The van der Waals surface area contributed by atoms with E-state index in [4.69, 9.17) is 0 Å². The average Bonchev–Trinajstić information content (AvgIpc) is 2.52. The van der Waals surface area contributed by atoms with Crippen LogP contribution in [0.1, 0.15) is 19.3 Å². The molecule has 1 aromatic rings. The van der Waals surface area contributed by atoms with E-state index >= 15 is 0 Å². The molecule has 23 heavy (non-hydrogen) atoms. The summed E-state index contributed by atoms with van der Waals surface area (Å²) in [5, 5.41) is 2.92. The van der Waals surface area contributed by atoms with Gasteiger partial charge in [0.25, 0.3) is 0 Å². The summed E-state index contributed by atoms with van der Waals surface area (Å²) in [6.07, 6.45) is 1.78. The second-order valence-corrected chi connectivity index (χ2v) is 7.33. The Kier molecular flexibility index (Phi) is 6.09. The quantitative estimate of drug-likeness (QED) is 0.797. The van der Waals surface area contributed by atoms with Gasteiger partial charge in [-0.15, -0.1) is 0 Å². The third-order valence-electron chi connectivity index (χ3n) is 3.79. The van der Waals surface area contributed by atoms with Gasteiger partial charge in [-0.3, -0.25) is 4.79 Å². The minimum atomic E-state index is -3.79. The number of rotatable bonds is 6. The van der Waals surface area contributed by atoms with Crippen molar-refractivity contribution < 1.29 is 17.6 Å². The third kappa shape index (κ3) is 4.98. The number of halogens is 1. The van der Waals surface area contributed by atoms with Crippen LogP contribution in [0.25, 0.3) is 0 Å². The highest BCUT2D eigenvalue weighted by Gasteiger charge is 2.27. The van der Waals surface area contributed by atoms with Crippen LogP contribution in [0.4, 0.5) is 4.39 Å². The fourth-order valence-electron chi connectivity index (χ4n) is 2.61. The van der Waals surface area contributed by atoms with Crippen LogP contribution in [-0.4, -0.2) is 51.9 Å². The van der Waals surface area contributed by atoms with Gasteiger partial charge in [0.2, 0.25) is 15.9 Å². The number of amides is 1. The number of hydrogen-bond acceptors (Lipinski definition) is 4. The molecule has 128 valence electrons. The van der Waals surface area contributed by atoms with Crippen LogP contribution in [-0.2, 0) is 14.8 Å². The van der Waals surface area contributed by atoms with E-state index in [1.165, 1.54) is 18.2 Å². The molecule has 0 aliphatic carbocycles. The number of carbonyl (C=O) groups excluding carboxylic acids is 1. The average molecular weight is 343 g/mol. The first kappa shape index (κ1) is 17.8. The van der Waals surface area contributed by atoms with Gasteiger partial charge >= 0.3 is 0 Å². The maximum absolute atomic E-state index is 13.2. The van der Waals surface area contributed by atoms with Crippen molar-refractivity contribution in [1.82, 2.24) is 14.9 Å². The second-order valence-electron chi connectivity index (χ2n) is 5.61. The number of sulfonamides is 1. The summed E-state index contributed by atoms with van der Waals surface area (Å²) in [4.78, 5) is 13.6. The van der Waals surface area contributed by atoms with Crippen LogP contribution in [0.15, 0.2) is 29.2 Å². The number of hydrogen-bond donors (Lipinski definition) is 2. The number of likely N-dealkylation sites (tertiary alicyclic amines) is 1. The first-order valence-corrected chi connectivity index (χ1v) is 9.11. The van der Waals surface area contributed by atoms with Gasteiger partial charge in [0.15, 0.2) is 0 Å². The van der Waals surface area contributed by atoms with Gasteiger partial charge in [0.1, 0.15) is 5.82 Å². The van der Waals surface area contributed by atoms with Gasteiger partial charge in [0, 0.05) is 32.1 Å². The van der Waals surface area contributed by atoms with Crippen molar-refractivity contribution in [3.05, 3.63) is 30.1 Å². The summed E-state index contributed by atoms with van der Waals surface area (Å²) in [5.41, 5.74) is 0. The first-order chi connectivity index (χ1) is 10.9. The van der Waals surface area contributed by atoms with Gasteiger partial charge in [-0.25, -0.2) is 17.5 Å². The Bertz CT molecular complexity index is 651. The van der Waals surface area contributed by atoms with Gasteiger partial charge in [0.05, 0.1) is 4.90 Å².